The molecule has 0 spiro atoms. The van der Waals surface area contributed by atoms with Gasteiger partial charge in [-0.15, -0.1) is 0 Å². The van der Waals surface area contributed by atoms with Crippen molar-refractivity contribution in [2.75, 3.05) is 0 Å². The predicted octanol–water partition coefficient (Wildman–Crippen LogP) is 4.43. The number of ether oxygens (including phenoxy) is 1. The molecule has 0 bridgehead atoms. The molecule has 0 aliphatic rings. The molecule has 1 aromatic heterocycles. The third kappa shape index (κ3) is 5.02. The Morgan fingerprint density at radius 3 is 2.66 bits per heavy atom. The number of nitrogens with zero attached hydrogens (tertiary/aromatic N) is 2. The van der Waals surface area contributed by atoms with E-state index in [4.69, 9.17) is 4.74 Å². The highest BCUT2D eigenvalue weighted by Gasteiger charge is 2.14. The van der Waals surface area contributed by atoms with Gasteiger partial charge in [-0.05, 0) is 42.8 Å². The maximum atomic E-state index is 12.4. The van der Waals surface area contributed by atoms with Crippen molar-refractivity contribution in [3.8, 4) is 22.8 Å². The van der Waals surface area contributed by atoms with Crippen LogP contribution in [0.1, 0.15) is 27.2 Å². The molecule has 0 saturated heterocycles. The zero-order valence-electron chi connectivity index (χ0n) is 17.4. The zero-order chi connectivity index (χ0) is 22.3. The Kier molecular flexibility index (Phi) is 6.27. The molecule has 3 aromatic carbocycles. The molecule has 7 nitrogen and oxygen atoms in total. The Labute approximate surface area is 185 Å². The molecule has 1 amide bonds. The summed E-state index contributed by atoms with van der Waals surface area (Å²) in [5, 5.41) is 20.6. The lowest BCUT2D eigenvalue weighted by Gasteiger charge is -2.10. The smallest absolute Gasteiger partial charge is 0.289 e. The van der Waals surface area contributed by atoms with E-state index in [-0.39, 0.29) is 11.4 Å². The van der Waals surface area contributed by atoms with Crippen LogP contribution in [0.5, 0.6) is 11.5 Å². The van der Waals surface area contributed by atoms with Crippen LogP contribution in [0.15, 0.2) is 84.0 Å². The molecular weight excluding hydrogens is 404 g/mol. The molecule has 7 heteroatoms. The Bertz CT molecular complexity index is 1250. The Morgan fingerprint density at radius 1 is 1.09 bits per heavy atom. The van der Waals surface area contributed by atoms with Crippen molar-refractivity contribution in [1.82, 2.24) is 15.6 Å². The van der Waals surface area contributed by atoms with Gasteiger partial charge in [0.1, 0.15) is 23.8 Å². The third-order valence-electron chi connectivity index (χ3n) is 4.81. The van der Waals surface area contributed by atoms with E-state index in [9.17, 15) is 9.90 Å². The van der Waals surface area contributed by atoms with Gasteiger partial charge in [-0.25, -0.2) is 5.43 Å². The summed E-state index contributed by atoms with van der Waals surface area (Å²) in [6.45, 7) is 2.47. The van der Waals surface area contributed by atoms with E-state index >= 15 is 0 Å². The number of carbonyl (C=O) groups is 1. The fourth-order valence-corrected chi connectivity index (χ4v) is 3.04. The lowest BCUT2D eigenvalue weighted by atomic mass is 10.1. The van der Waals surface area contributed by atoms with Gasteiger partial charge in [-0.1, -0.05) is 54.1 Å². The molecule has 0 unspecified atom stereocenters. The molecule has 4 rings (SSSR count). The van der Waals surface area contributed by atoms with Crippen LogP contribution in [-0.4, -0.2) is 27.4 Å². The van der Waals surface area contributed by atoms with E-state index < -0.39 is 5.91 Å². The molecule has 4 aromatic rings. The maximum Gasteiger partial charge on any atom is 0.289 e. The number of phenolic OH excluding ortho intramolecular Hbond substituents is 1. The minimum atomic E-state index is -0.450. The van der Waals surface area contributed by atoms with Gasteiger partial charge in [0.15, 0.2) is 0 Å². The van der Waals surface area contributed by atoms with E-state index in [0.717, 1.165) is 11.1 Å². The summed E-state index contributed by atoms with van der Waals surface area (Å²) in [5.41, 5.74) is 6.79. The van der Waals surface area contributed by atoms with Crippen molar-refractivity contribution in [2.24, 2.45) is 5.10 Å². The normalized spacial score (nSPS) is 10.9. The number of nitrogens with one attached hydrogen (secondary N) is 2. The lowest BCUT2D eigenvalue weighted by molar-refractivity contribution is 0.0950. The molecule has 1 heterocycles. The van der Waals surface area contributed by atoms with Gasteiger partial charge in [0.2, 0.25) is 0 Å². The van der Waals surface area contributed by atoms with E-state index in [1.807, 2.05) is 55.5 Å². The summed E-state index contributed by atoms with van der Waals surface area (Å²) in [7, 11) is 0. The fraction of sp³-hybridized carbons (Fsp3) is 0.0800. The Hall–Kier alpha value is -4.39. The average molecular weight is 426 g/mol. The molecular formula is C25H22N4O3. The molecule has 0 aliphatic heterocycles. The summed E-state index contributed by atoms with van der Waals surface area (Å²) in [4.78, 5) is 12.4. The van der Waals surface area contributed by atoms with Gasteiger partial charge in [0.05, 0.1) is 11.9 Å². The fourth-order valence-electron chi connectivity index (χ4n) is 3.04. The summed E-state index contributed by atoms with van der Waals surface area (Å²) < 4.78 is 6.01. The highest BCUT2D eigenvalue weighted by Crippen LogP contribution is 2.29. The van der Waals surface area contributed by atoms with Crippen molar-refractivity contribution in [3.05, 3.63) is 101 Å². The molecule has 0 fully saturated rings. The second-order valence-electron chi connectivity index (χ2n) is 7.20. The van der Waals surface area contributed by atoms with Gasteiger partial charge < -0.3 is 9.84 Å². The number of H-pyrrole nitrogens is 1. The number of aromatic hydroxyl groups is 1. The largest absolute Gasteiger partial charge is 0.507 e. The van der Waals surface area contributed by atoms with Crippen LogP contribution in [0.3, 0.4) is 0 Å². The first-order valence-electron chi connectivity index (χ1n) is 10.0. The number of aryl methyl sites for hydroxylation is 1. The maximum absolute atomic E-state index is 12.4. The number of phenols is 1. The lowest BCUT2D eigenvalue weighted by Crippen LogP contribution is -2.18. The summed E-state index contributed by atoms with van der Waals surface area (Å²) in [5.74, 6) is 0.300. The number of aromatic amines is 1. The van der Waals surface area contributed by atoms with E-state index in [1.165, 1.54) is 11.8 Å². The van der Waals surface area contributed by atoms with Gasteiger partial charge in [-0.3, -0.25) is 9.89 Å². The number of carbonyl (C=O) groups excluding carboxylic acids is 1. The summed E-state index contributed by atoms with van der Waals surface area (Å²) in [6.07, 6.45) is 1.37. The van der Waals surface area contributed by atoms with Gasteiger partial charge in [-0.2, -0.15) is 10.2 Å². The van der Waals surface area contributed by atoms with Crippen molar-refractivity contribution in [3.63, 3.8) is 0 Å². The number of rotatable bonds is 7. The van der Waals surface area contributed by atoms with Crippen molar-refractivity contribution in [1.29, 1.82) is 0 Å². The van der Waals surface area contributed by atoms with Gasteiger partial charge in [0.25, 0.3) is 5.91 Å². The van der Waals surface area contributed by atoms with E-state index in [0.29, 0.717) is 23.6 Å². The first-order chi connectivity index (χ1) is 15.6. The second kappa shape index (κ2) is 9.61. The predicted molar refractivity (Wildman–Crippen MR) is 123 cm³/mol. The first-order valence-corrected chi connectivity index (χ1v) is 10.0. The van der Waals surface area contributed by atoms with Crippen molar-refractivity contribution in [2.45, 2.75) is 13.5 Å². The standard InChI is InChI=1S/C25H22N4O3/c1-17-10-12-18(13-11-17)16-32-24-9-5-3-7-20(24)21-14-22(28-27-21)25(31)29-26-15-19-6-2-4-8-23(19)30/h2-15,30H,16H2,1H3,(H,27,28)(H,29,31). The number of amides is 1. The molecule has 0 atom stereocenters. The van der Waals surface area contributed by atoms with Crippen molar-refractivity contribution >= 4 is 12.1 Å². The zero-order valence-corrected chi connectivity index (χ0v) is 17.4. The molecule has 0 radical (unpaired) electrons. The van der Waals surface area contributed by atoms with Crippen LogP contribution in [0, 0.1) is 6.92 Å². The first kappa shape index (κ1) is 20.9. The number of hydrogen-bond acceptors (Lipinski definition) is 5. The number of aromatic nitrogens is 2. The van der Waals surface area contributed by atoms with Gasteiger partial charge >= 0.3 is 0 Å². The highest BCUT2D eigenvalue weighted by atomic mass is 16.5. The third-order valence-corrected chi connectivity index (χ3v) is 4.81. The molecule has 32 heavy (non-hydrogen) atoms. The van der Waals surface area contributed by atoms with E-state index in [2.05, 4.69) is 20.7 Å². The minimum absolute atomic E-state index is 0.0802. The van der Waals surface area contributed by atoms with Crippen LogP contribution in [0.4, 0.5) is 0 Å². The SMILES string of the molecule is Cc1ccc(COc2ccccc2-c2cc(C(=O)NN=Cc3ccccc3O)[nH]n2)cc1. The van der Waals surface area contributed by atoms with E-state index in [1.54, 1.807) is 30.3 Å². The van der Waals surface area contributed by atoms with Crippen LogP contribution >= 0.6 is 0 Å². The van der Waals surface area contributed by atoms with Crippen molar-refractivity contribution < 1.29 is 14.6 Å². The topological polar surface area (TPSA) is 99.6 Å². The number of hydrazone groups is 1. The molecule has 0 aliphatic carbocycles. The quantitative estimate of drug-likeness (QED) is 0.301. The van der Waals surface area contributed by atoms with Crippen LogP contribution in [0.25, 0.3) is 11.3 Å². The summed E-state index contributed by atoms with van der Waals surface area (Å²) in [6, 6.07) is 24.0. The highest BCUT2D eigenvalue weighted by molar-refractivity contribution is 5.94. The number of benzene rings is 3. The minimum Gasteiger partial charge on any atom is -0.507 e. The Morgan fingerprint density at radius 2 is 1.84 bits per heavy atom. The van der Waals surface area contributed by atoms with Gasteiger partial charge in [0, 0.05) is 11.1 Å². The van der Waals surface area contributed by atoms with Crippen LogP contribution in [-0.2, 0) is 6.61 Å². The molecule has 0 saturated carbocycles. The number of para-hydroxylation sites is 2. The van der Waals surface area contributed by atoms with Crippen LogP contribution in [0.2, 0.25) is 0 Å². The molecule has 3 N–H and O–H groups in total. The summed E-state index contributed by atoms with van der Waals surface area (Å²) >= 11 is 0. The van der Waals surface area contributed by atoms with Crippen LogP contribution < -0.4 is 10.2 Å². The number of hydrogen-bond donors (Lipinski definition) is 3. The Balaban J connectivity index is 1.44. The monoisotopic (exact) mass is 426 g/mol. The molecule has 160 valence electrons. The average Bonchev–Trinajstić information content (AvgIpc) is 3.30. The second-order valence-corrected chi connectivity index (χ2v) is 7.20.